The Morgan fingerprint density at radius 2 is 2.23 bits per heavy atom. The molecule has 2 bridgehead atoms. The Bertz CT molecular complexity index is 955. The Morgan fingerprint density at radius 3 is 2.96 bits per heavy atom. The number of nitrogens with zero attached hydrogens (tertiary/aromatic N) is 3. The van der Waals surface area contributed by atoms with Gasteiger partial charge in [-0.25, -0.2) is 4.68 Å². The lowest BCUT2D eigenvalue weighted by Gasteiger charge is -2.26. The van der Waals surface area contributed by atoms with Gasteiger partial charge < -0.3 is 9.47 Å². The monoisotopic (exact) mass is 411 g/mol. The number of aromatic nitrogens is 3. The first-order valence-corrected chi connectivity index (χ1v) is 9.21. The van der Waals surface area contributed by atoms with Crippen LogP contribution in [0, 0.1) is 4.77 Å². The molecule has 0 N–H and O–H groups in total. The van der Waals surface area contributed by atoms with Crippen molar-refractivity contribution in [3.63, 3.8) is 0 Å². The molecule has 2 aromatic rings. The number of rotatable bonds is 4. The Balaban J connectivity index is 1.83. The van der Waals surface area contributed by atoms with E-state index >= 15 is 0 Å². The van der Waals surface area contributed by atoms with Gasteiger partial charge in [-0.3, -0.25) is 9.36 Å². The summed E-state index contributed by atoms with van der Waals surface area (Å²) in [5.74, 6) is 0.486. The van der Waals surface area contributed by atoms with Gasteiger partial charge in [0.15, 0.2) is 16.4 Å². The normalized spacial score (nSPS) is 24.8. The smallest absolute Gasteiger partial charge is 0.218 e. The van der Waals surface area contributed by atoms with Gasteiger partial charge in [0.25, 0.3) is 0 Å². The Labute approximate surface area is 164 Å². The van der Waals surface area contributed by atoms with Crippen LogP contribution in [0.2, 0.25) is 10.0 Å². The van der Waals surface area contributed by atoms with Gasteiger partial charge in [0, 0.05) is 23.6 Å². The zero-order valence-corrected chi connectivity index (χ0v) is 15.9. The maximum atomic E-state index is 12.1. The van der Waals surface area contributed by atoms with Crippen molar-refractivity contribution < 1.29 is 14.3 Å². The number of ketones is 1. The van der Waals surface area contributed by atoms with Crippen LogP contribution in [0.3, 0.4) is 0 Å². The Kier molecular flexibility index (Phi) is 4.75. The van der Waals surface area contributed by atoms with E-state index in [2.05, 4.69) is 11.7 Å². The van der Waals surface area contributed by atoms with Gasteiger partial charge >= 0.3 is 0 Å². The molecule has 2 aliphatic rings. The first-order chi connectivity index (χ1) is 12.5. The molecular formula is C17H15Cl2N3O3S. The van der Waals surface area contributed by atoms with Gasteiger partial charge in [-0.15, -0.1) is 6.58 Å². The average Bonchev–Trinajstić information content (AvgIpc) is 3.16. The molecule has 3 atom stereocenters. The zero-order chi connectivity index (χ0) is 18.4. The van der Waals surface area contributed by atoms with Crippen molar-refractivity contribution in [2.24, 2.45) is 0 Å². The van der Waals surface area contributed by atoms with Gasteiger partial charge in [0.2, 0.25) is 6.29 Å². The molecule has 2 fully saturated rings. The second-order valence-electron chi connectivity index (χ2n) is 6.15. The van der Waals surface area contributed by atoms with Crippen LogP contribution in [0.15, 0.2) is 30.9 Å². The van der Waals surface area contributed by atoms with Crippen LogP contribution in [-0.2, 0) is 20.8 Å². The Morgan fingerprint density at radius 1 is 1.42 bits per heavy atom. The molecule has 0 saturated carbocycles. The molecule has 4 rings (SSSR count). The maximum Gasteiger partial charge on any atom is 0.218 e. The number of benzene rings is 1. The van der Waals surface area contributed by atoms with Crippen molar-refractivity contribution >= 4 is 41.2 Å². The van der Waals surface area contributed by atoms with E-state index in [4.69, 9.17) is 44.9 Å². The summed E-state index contributed by atoms with van der Waals surface area (Å²) in [6.07, 6.45) is 0.977. The average molecular weight is 412 g/mol. The van der Waals surface area contributed by atoms with E-state index in [-0.39, 0.29) is 24.3 Å². The van der Waals surface area contributed by atoms with Crippen molar-refractivity contribution in [1.29, 1.82) is 0 Å². The van der Waals surface area contributed by atoms with Gasteiger partial charge in [-0.1, -0.05) is 29.3 Å². The molecule has 2 aliphatic heterocycles. The number of carbonyl (C=O) groups is 1. The zero-order valence-electron chi connectivity index (χ0n) is 13.6. The van der Waals surface area contributed by atoms with Crippen LogP contribution in [-0.4, -0.2) is 39.1 Å². The quantitative estimate of drug-likeness (QED) is 0.565. The van der Waals surface area contributed by atoms with E-state index in [0.717, 1.165) is 0 Å². The van der Waals surface area contributed by atoms with E-state index in [9.17, 15) is 4.79 Å². The molecule has 2 saturated heterocycles. The largest absolute Gasteiger partial charge is 0.343 e. The number of carbonyl (C=O) groups excluding carboxylic acids is 1. The topological polar surface area (TPSA) is 58.3 Å². The van der Waals surface area contributed by atoms with Gasteiger partial charge in [0.05, 0.1) is 17.7 Å². The third kappa shape index (κ3) is 2.93. The molecule has 9 heteroatoms. The number of halogens is 2. The van der Waals surface area contributed by atoms with Crippen molar-refractivity contribution in [3.05, 3.63) is 45.7 Å². The summed E-state index contributed by atoms with van der Waals surface area (Å²) < 4.78 is 15.0. The number of allylic oxidation sites excluding steroid dienone is 1. The first-order valence-electron chi connectivity index (χ1n) is 8.05. The standard InChI is InChI=1S/C17H15Cl2N3O3S/c1-2-5-21-15(10-4-3-9(18)6-11(10)19)20-22(17(21)26)12-7-13(23)16-24-8-14(12)25-16/h2-4,6,12,14,16H,1,5,7-8H2/t12-,14-,16+/m1/s1. The summed E-state index contributed by atoms with van der Waals surface area (Å²) >= 11 is 18.0. The molecule has 0 unspecified atom stereocenters. The minimum absolute atomic E-state index is 0.102. The van der Waals surface area contributed by atoms with Crippen LogP contribution in [0.4, 0.5) is 0 Å². The SMILES string of the molecule is C=CCn1c(-c2ccc(Cl)cc2Cl)nn([C@@H]2CC(=O)[C@H]3OC[C@H]2O3)c1=S. The molecule has 1 aromatic heterocycles. The predicted molar refractivity (Wildman–Crippen MR) is 100.0 cm³/mol. The third-order valence-corrected chi connectivity index (χ3v) is 5.45. The number of ether oxygens (including phenoxy) is 2. The van der Waals surface area contributed by atoms with E-state index in [0.29, 0.717) is 39.4 Å². The molecule has 3 heterocycles. The highest BCUT2D eigenvalue weighted by atomic mass is 35.5. The molecule has 26 heavy (non-hydrogen) atoms. The van der Waals surface area contributed by atoms with E-state index < -0.39 is 6.29 Å². The van der Waals surface area contributed by atoms with Crippen molar-refractivity contribution in [1.82, 2.24) is 14.3 Å². The number of Topliss-reactive ketones (excluding diaryl/α,β-unsaturated/α-hetero) is 1. The van der Waals surface area contributed by atoms with Crippen molar-refractivity contribution in [2.45, 2.75) is 31.4 Å². The summed E-state index contributed by atoms with van der Waals surface area (Å²) in [5.41, 5.74) is 0.700. The van der Waals surface area contributed by atoms with Crippen LogP contribution >= 0.6 is 35.4 Å². The van der Waals surface area contributed by atoms with Gasteiger partial charge in [-0.2, -0.15) is 5.10 Å². The van der Waals surface area contributed by atoms with Crippen LogP contribution < -0.4 is 0 Å². The van der Waals surface area contributed by atoms with E-state index in [1.54, 1.807) is 29.0 Å². The number of hydrogen-bond acceptors (Lipinski definition) is 5. The third-order valence-electron chi connectivity index (χ3n) is 4.50. The summed E-state index contributed by atoms with van der Waals surface area (Å²) in [6.45, 7) is 4.58. The van der Waals surface area contributed by atoms with Crippen LogP contribution in [0.1, 0.15) is 12.5 Å². The first kappa shape index (κ1) is 17.9. The summed E-state index contributed by atoms with van der Waals surface area (Å²) in [7, 11) is 0. The van der Waals surface area contributed by atoms with Crippen molar-refractivity contribution in [2.75, 3.05) is 6.61 Å². The van der Waals surface area contributed by atoms with E-state index in [1.807, 2.05) is 4.57 Å². The fraction of sp³-hybridized carbons (Fsp3) is 0.353. The highest BCUT2D eigenvalue weighted by molar-refractivity contribution is 7.71. The van der Waals surface area contributed by atoms with Gasteiger partial charge in [0.1, 0.15) is 6.10 Å². The summed E-state index contributed by atoms with van der Waals surface area (Å²) in [5, 5.41) is 5.68. The maximum absolute atomic E-state index is 12.1. The summed E-state index contributed by atoms with van der Waals surface area (Å²) in [6, 6.07) is 4.88. The highest BCUT2D eigenvalue weighted by Crippen LogP contribution is 2.35. The highest BCUT2D eigenvalue weighted by Gasteiger charge is 2.45. The van der Waals surface area contributed by atoms with Gasteiger partial charge in [-0.05, 0) is 30.4 Å². The van der Waals surface area contributed by atoms with Crippen molar-refractivity contribution in [3.8, 4) is 11.4 Å². The number of fused-ring (bicyclic) bond motifs is 2. The molecule has 136 valence electrons. The molecule has 1 aromatic carbocycles. The lowest BCUT2D eigenvalue weighted by Crippen LogP contribution is -2.37. The molecule has 0 spiro atoms. The minimum atomic E-state index is -0.758. The predicted octanol–water partition coefficient (Wildman–Crippen LogP) is 3.83. The molecule has 0 amide bonds. The second kappa shape index (κ2) is 6.90. The van der Waals surface area contributed by atoms with Crippen LogP contribution in [0.5, 0.6) is 0 Å². The lowest BCUT2D eigenvalue weighted by molar-refractivity contribution is -0.156. The Hall–Kier alpha value is -1.51. The van der Waals surface area contributed by atoms with Crippen LogP contribution in [0.25, 0.3) is 11.4 Å². The molecule has 0 aliphatic carbocycles. The summed E-state index contributed by atoms with van der Waals surface area (Å²) in [4.78, 5) is 12.1. The number of hydrogen-bond donors (Lipinski definition) is 0. The molecule has 0 radical (unpaired) electrons. The van der Waals surface area contributed by atoms with E-state index in [1.165, 1.54) is 0 Å². The minimum Gasteiger partial charge on any atom is -0.343 e. The fourth-order valence-corrected chi connectivity index (χ4v) is 4.09. The lowest BCUT2D eigenvalue weighted by atomic mass is 10.0. The second-order valence-corrected chi connectivity index (χ2v) is 7.36. The fourth-order valence-electron chi connectivity index (χ4n) is 3.26. The molecular weight excluding hydrogens is 397 g/mol. The molecule has 6 nitrogen and oxygen atoms in total.